The summed E-state index contributed by atoms with van der Waals surface area (Å²) in [7, 11) is 0. The molecule has 0 fully saturated rings. The molecule has 1 atom stereocenters. The Morgan fingerprint density at radius 3 is 3.17 bits per heavy atom. The van der Waals surface area contributed by atoms with Gasteiger partial charge in [-0.05, 0) is 6.42 Å². The number of carbonyl (C=O) groups excluding carboxylic acids is 1. The number of allylic oxidation sites excluding steroid dienone is 1. The van der Waals surface area contributed by atoms with Crippen molar-refractivity contribution in [2.24, 2.45) is 0 Å². The van der Waals surface area contributed by atoms with E-state index in [1.165, 1.54) is 6.08 Å². The molecule has 0 aromatic carbocycles. The lowest BCUT2D eigenvalue weighted by Crippen LogP contribution is -2.18. The summed E-state index contributed by atoms with van der Waals surface area (Å²) in [6.45, 7) is 2.09. The molecule has 12 heavy (non-hydrogen) atoms. The van der Waals surface area contributed by atoms with Crippen LogP contribution in [0.2, 0.25) is 0 Å². The third kappa shape index (κ3) is 2.91. The SMILES string of the molecule is CC/C=C\C[C@H]1CC=CC(=O)O1. The summed E-state index contributed by atoms with van der Waals surface area (Å²) in [5, 5.41) is 0. The van der Waals surface area contributed by atoms with E-state index in [9.17, 15) is 4.79 Å². The number of esters is 1. The molecule has 1 aliphatic heterocycles. The Labute approximate surface area is 72.9 Å². The molecule has 0 spiro atoms. The van der Waals surface area contributed by atoms with E-state index in [4.69, 9.17) is 4.74 Å². The van der Waals surface area contributed by atoms with E-state index in [1.807, 2.05) is 6.08 Å². The van der Waals surface area contributed by atoms with E-state index >= 15 is 0 Å². The molecule has 0 saturated carbocycles. The fraction of sp³-hybridized carbons (Fsp3) is 0.500. The molecule has 2 nitrogen and oxygen atoms in total. The summed E-state index contributed by atoms with van der Waals surface area (Å²) in [4.78, 5) is 10.8. The first-order valence-electron chi connectivity index (χ1n) is 4.35. The highest BCUT2D eigenvalue weighted by Gasteiger charge is 2.13. The lowest BCUT2D eigenvalue weighted by atomic mass is 10.1. The molecule has 1 aliphatic rings. The highest BCUT2D eigenvalue weighted by atomic mass is 16.5. The van der Waals surface area contributed by atoms with Crippen LogP contribution in [0.15, 0.2) is 24.3 Å². The van der Waals surface area contributed by atoms with Crippen molar-refractivity contribution in [3.63, 3.8) is 0 Å². The first-order chi connectivity index (χ1) is 5.83. The average Bonchev–Trinajstić information content (AvgIpc) is 2.05. The molecule has 0 bridgehead atoms. The van der Waals surface area contributed by atoms with Gasteiger partial charge in [0.2, 0.25) is 0 Å². The Balaban J connectivity index is 2.30. The summed E-state index contributed by atoms with van der Waals surface area (Å²) in [6.07, 6.45) is 10.3. The van der Waals surface area contributed by atoms with Crippen LogP contribution in [0.4, 0.5) is 0 Å². The predicted octanol–water partition coefficient (Wildman–Crippen LogP) is 2.21. The summed E-state index contributed by atoms with van der Waals surface area (Å²) >= 11 is 0. The maximum Gasteiger partial charge on any atom is 0.330 e. The van der Waals surface area contributed by atoms with Crippen molar-refractivity contribution >= 4 is 5.97 Å². The summed E-state index contributed by atoms with van der Waals surface area (Å²) in [5.74, 6) is -0.212. The van der Waals surface area contributed by atoms with Gasteiger partial charge in [0.1, 0.15) is 6.10 Å². The Morgan fingerprint density at radius 2 is 2.50 bits per heavy atom. The van der Waals surface area contributed by atoms with Crippen LogP contribution >= 0.6 is 0 Å². The van der Waals surface area contributed by atoms with Crippen LogP contribution in [0.25, 0.3) is 0 Å². The van der Waals surface area contributed by atoms with Crippen molar-refractivity contribution < 1.29 is 9.53 Å². The summed E-state index contributed by atoms with van der Waals surface area (Å²) < 4.78 is 5.06. The van der Waals surface area contributed by atoms with Crippen LogP contribution in [0.5, 0.6) is 0 Å². The molecular formula is C10H14O2. The van der Waals surface area contributed by atoms with Gasteiger partial charge in [0, 0.05) is 18.9 Å². The minimum atomic E-state index is -0.212. The van der Waals surface area contributed by atoms with Crippen LogP contribution in [0, 0.1) is 0 Å². The van der Waals surface area contributed by atoms with E-state index in [0.717, 1.165) is 19.3 Å². The normalized spacial score (nSPS) is 23.1. The van der Waals surface area contributed by atoms with Crippen LogP contribution in [0.3, 0.4) is 0 Å². The number of carbonyl (C=O) groups is 1. The largest absolute Gasteiger partial charge is 0.459 e. The van der Waals surface area contributed by atoms with Gasteiger partial charge in [0.25, 0.3) is 0 Å². The monoisotopic (exact) mass is 166 g/mol. The summed E-state index contributed by atoms with van der Waals surface area (Å²) in [5.41, 5.74) is 0. The average molecular weight is 166 g/mol. The van der Waals surface area contributed by atoms with Gasteiger partial charge in [-0.25, -0.2) is 4.79 Å². The molecule has 0 saturated heterocycles. The minimum absolute atomic E-state index is 0.0605. The van der Waals surface area contributed by atoms with Crippen molar-refractivity contribution in [3.05, 3.63) is 24.3 Å². The zero-order valence-electron chi connectivity index (χ0n) is 7.32. The number of cyclic esters (lactones) is 1. The van der Waals surface area contributed by atoms with E-state index in [0.29, 0.717) is 0 Å². The molecule has 0 aliphatic carbocycles. The van der Waals surface area contributed by atoms with Gasteiger partial charge >= 0.3 is 5.97 Å². The third-order valence-electron chi connectivity index (χ3n) is 1.74. The van der Waals surface area contributed by atoms with Crippen molar-refractivity contribution in [2.75, 3.05) is 0 Å². The Bertz CT molecular complexity index is 204. The van der Waals surface area contributed by atoms with Crippen LogP contribution in [-0.2, 0) is 9.53 Å². The first kappa shape index (κ1) is 9.04. The molecule has 0 radical (unpaired) electrons. The van der Waals surface area contributed by atoms with Crippen LogP contribution in [-0.4, -0.2) is 12.1 Å². The van der Waals surface area contributed by atoms with Crippen molar-refractivity contribution in [3.8, 4) is 0 Å². The third-order valence-corrected chi connectivity index (χ3v) is 1.74. The fourth-order valence-corrected chi connectivity index (χ4v) is 1.13. The molecule has 0 amide bonds. The van der Waals surface area contributed by atoms with Gasteiger partial charge in [-0.2, -0.15) is 0 Å². The number of ether oxygens (including phenoxy) is 1. The topological polar surface area (TPSA) is 26.3 Å². The van der Waals surface area contributed by atoms with E-state index in [-0.39, 0.29) is 12.1 Å². The quantitative estimate of drug-likeness (QED) is 0.474. The zero-order valence-corrected chi connectivity index (χ0v) is 7.32. The van der Waals surface area contributed by atoms with Gasteiger partial charge < -0.3 is 4.74 Å². The van der Waals surface area contributed by atoms with Gasteiger partial charge in [-0.1, -0.05) is 25.2 Å². The predicted molar refractivity (Wildman–Crippen MR) is 47.7 cm³/mol. The lowest BCUT2D eigenvalue weighted by Gasteiger charge is -2.16. The van der Waals surface area contributed by atoms with Gasteiger partial charge in [-0.15, -0.1) is 0 Å². The fourth-order valence-electron chi connectivity index (χ4n) is 1.13. The van der Waals surface area contributed by atoms with Gasteiger partial charge in [-0.3, -0.25) is 0 Å². The van der Waals surface area contributed by atoms with E-state index < -0.39 is 0 Å². The maximum absolute atomic E-state index is 10.8. The minimum Gasteiger partial charge on any atom is -0.459 e. The van der Waals surface area contributed by atoms with Gasteiger partial charge in [0.05, 0.1) is 0 Å². The second-order valence-electron chi connectivity index (χ2n) is 2.81. The van der Waals surface area contributed by atoms with Crippen molar-refractivity contribution in [2.45, 2.75) is 32.3 Å². The second kappa shape index (κ2) is 4.75. The highest BCUT2D eigenvalue weighted by Crippen LogP contribution is 2.11. The molecule has 0 aromatic heterocycles. The Hall–Kier alpha value is -1.05. The Morgan fingerprint density at radius 1 is 1.67 bits per heavy atom. The molecule has 1 rings (SSSR count). The smallest absolute Gasteiger partial charge is 0.330 e. The lowest BCUT2D eigenvalue weighted by molar-refractivity contribution is -0.143. The maximum atomic E-state index is 10.8. The number of hydrogen-bond donors (Lipinski definition) is 0. The standard InChI is InChI=1S/C10H14O2/c1-2-3-4-6-9-7-5-8-10(11)12-9/h3-5,8-9H,2,6-7H2,1H3/b4-3-/t9-/m0/s1. The van der Waals surface area contributed by atoms with Gasteiger partial charge in [0.15, 0.2) is 0 Å². The molecule has 0 N–H and O–H groups in total. The van der Waals surface area contributed by atoms with E-state index in [1.54, 1.807) is 0 Å². The molecule has 1 heterocycles. The zero-order chi connectivity index (χ0) is 8.81. The molecule has 66 valence electrons. The Kier molecular flexibility index (Phi) is 3.58. The molecular weight excluding hydrogens is 152 g/mol. The second-order valence-corrected chi connectivity index (χ2v) is 2.81. The highest BCUT2D eigenvalue weighted by molar-refractivity contribution is 5.82. The number of hydrogen-bond acceptors (Lipinski definition) is 2. The number of rotatable bonds is 3. The molecule has 0 unspecified atom stereocenters. The summed E-state index contributed by atoms with van der Waals surface area (Å²) in [6, 6.07) is 0. The molecule has 2 heteroatoms. The first-order valence-corrected chi connectivity index (χ1v) is 4.35. The van der Waals surface area contributed by atoms with Crippen molar-refractivity contribution in [1.29, 1.82) is 0 Å². The molecule has 0 aromatic rings. The van der Waals surface area contributed by atoms with Crippen LogP contribution in [0.1, 0.15) is 26.2 Å². The van der Waals surface area contributed by atoms with E-state index in [2.05, 4.69) is 19.1 Å². The van der Waals surface area contributed by atoms with Crippen molar-refractivity contribution in [1.82, 2.24) is 0 Å². The van der Waals surface area contributed by atoms with Crippen LogP contribution < -0.4 is 0 Å².